The van der Waals surface area contributed by atoms with E-state index in [-0.39, 0.29) is 11.8 Å². The first-order valence-electron chi connectivity index (χ1n) is 10.2. The van der Waals surface area contributed by atoms with Crippen LogP contribution >= 0.6 is 11.8 Å². The molecule has 1 N–H and O–H groups in total. The summed E-state index contributed by atoms with van der Waals surface area (Å²) in [5.41, 5.74) is -0.298. The highest BCUT2D eigenvalue weighted by atomic mass is 32.2. The predicted octanol–water partition coefficient (Wildman–Crippen LogP) is 3.30. The van der Waals surface area contributed by atoms with Gasteiger partial charge in [0.25, 0.3) is 5.91 Å². The first-order chi connectivity index (χ1) is 15.3. The number of pyridine rings is 1. The molecule has 1 saturated heterocycles. The number of aromatic nitrogens is 1. The zero-order chi connectivity index (χ0) is 23.1. The maximum absolute atomic E-state index is 13.1. The lowest BCUT2D eigenvalue weighted by Crippen LogP contribution is -2.55. The smallest absolute Gasteiger partial charge is 0.353 e. The molecule has 0 bridgehead atoms. The molecule has 1 fully saturated rings. The molecule has 0 saturated carbocycles. The average Bonchev–Trinajstić information content (AvgIpc) is 2.81. The summed E-state index contributed by atoms with van der Waals surface area (Å²) in [4.78, 5) is 33.1. The van der Waals surface area contributed by atoms with E-state index in [4.69, 9.17) is 0 Å². The number of amides is 2. The second-order valence-corrected chi connectivity index (χ2v) is 8.37. The normalized spacial score (nSPS) is 15.4. The first-order valence-corrected chi connectivity index (χ1v) is 11.6. The van der Waals surface area contributed by atoms with Crippen LogP contribution < -0.4 is 10.2 Å². The van der Waals surface area contributed by atoms with Gasteiger partial charge in [0.15, 0.2) is 0 Å². The van der Waals surface area contributed by atoms with Gasteiger partial charge in [-0.25, -0.2) is 4.98 Å². The fourth-order valence-electron chi connectivity index (χ4n) is 3.44. The number of nitrogens with one attached hydrogen (secondary N) is 1. The summed E-state index contributed by atoms with van der Waals surface area (Å²) in [6.45, 7) is 1.70. The fraction of sp³-hybridized carbons (Fsp3) is 0.409. The van der Waals surface area contributed by atoms with Crippen molar-refractivity contribution in [1.82, 2.24) is 15.2 Å². The van der Waals surface area contributed by atoms with E-state index in [0.717, 1.165) is 18.0 Å². The van der Waals surface area contributed by atoms with E-state index in [9.17, 15) is 22.8 Å². The van der Waals surface area contributed by atoms with Gasteiger partial charge in [0.05, 0.1) is 5.56 Å². The van der Waals surface area contributed by atoms with Gasteiger partial charge in [-0.05, 0) is 42.7 Å². The molecule has 0 spiro atoms. The lowest BCUT2D eigenvalue weighted by molar-refractivity contribution is -0.138. The van der Waals surface area contributed by atoms with Gasteiger partial charge in [-0.15, -0.1) is 0 Å². The molecule has 172 valence electrons. The molecule has 3 rings (SSSR count). The van der Waals surface area contributed by atoms with Gasteiger partial charge in [-0.2, -0.15) is 24.9 Å². The highest BCUT2D eigenvalue weighted by Crippen LogP contribution is 2.29. The van der Waals surface area contributed by atoms with Crippen LogP contribution in [0, 0.1) is 0 Å². The minimum Gasteiger partial charge on any atom is -0.353 e. The summed E-state index contributed by atoms with van der Waals surface area (Å²) in [5.74, 6) is 0.725. The van der Waals surface area contributed by atoms with Crippen molar-refractivity contribution in [2.24, 2.45) is 0 Å². The van der Waals surface area contributed by atoms with Crippen LogP contribution in [0.15, 0.2) is 48.7 Å². The molecule has 2 amide bonds. The molecule has 0 radical (unpaired) electrons. The maximum atomic E-state index is 13.1. The van der Waals surface area contributed by atoms with E-state index in [1.54, 1.807) is 40.9 Å². The Labute approximate surface area is 189 Å². The third kappa shape index (κ3) is 6.15. The quantitative estimate of drug-likeness (QED) is 0.679. The van der Waals surface area contributed by atoms with Gasteiger partial charge in [0.2, 0.25) is 5.91 Å². The van der Waals surface area contributed by atoms with E-state index < -0.39 is 17.8 Å². The molecule has 2 heterocycles. The van der Waals surface area contributed by atoms with Crippen LogP contribution in [0.5, 0.6) is 0 Å². The number of nitrogens with zero attached hydrogens (tertiary/aromatic N) is 3. The Morgan fingerprint density at radius 3 is 2.34 bits per heavy atom. The molecular weight excluding hydrogens is 441 g/mol. The molecular formula is C22H25F3N4O2S. The van der Waals surface area contributed by atoms with Crippen molar-refractivity contribution >= 4 is 29.4 Å². The molecule has 32 heavy (non-hydrogen) atoms. The highest BCUT2D eigenvalue weighted by molar-refractivity contribution is 7.98. The van der Waals surface area contributed by atoms with Gasteiger partial charge < -0.3 is 15.1 Å². The van der Waals surface area contributed by atoms with E-state index in [0.29, 0.717) is 44.0 Å². The molecule has 2 aromatic rings. The van der Waals surface area contributed by atoms with Crippen molar-refractivity contribution in [1.29, 1.82) is 0 Å². The molecule has 1 unspecified atom stereocenters. The van der Waals surface area contributed by atoms with E-state index in [1.165, 1.54) is 6.07 Å². The van der Waals surface area contributed by atoms with Crippen molar-refractivity contribution in [2.45, 2.75) is 18.6 Å². The number of halogens is 3. The number of thioether (sulfide) groups is 1. The Morgan fingerprint density at radius 2 is 1.78 bits per heavy atom. The van der Waals surface area contributed by atoms with E-state index in [1.807, 2.05) is 17.2 Å². The number of benzene rings is 1. The molecule has 10 heteroatoms. The number of hydrogen-bond donors (Lipinski definition) is 1. The molecule has 1 aliphatic heterocycles. The zero-order valence-electron chi connectivity index (χ0n) is 17.6. The lowest BCUT2D eigenvalue weighted by Gasteiger charge is -2.37. The van der Waals surface area contributed by atoms with Crippen molar-refractivity contribution in [3.63, 3.8) is 0 Å². The number of carbonyl (C=O) groups excluding carboxylic acids is 2. The zero-order valence-corrected chi connectivity index (χ0v) is 18.5. The summed E-state index contributed by atoms with van der Waals surface area (Å²) >= 11 is 1.60. The van der Waals surface area contributed by atoms with Crippen molar-refractivity contribution in [2.75, 3.05) is 43.1 Å². The molecule has 1 aromatic heterocycles. The minimum absolute atomic E-state index is 0.150. The van der Waals surface area contributed by atoms with Gasteiger partial charge in [-0.3, -0.25) is 9.59 Å². The molecule has 1 atom stereocenters. The van der Waals surface area contributed by atoms with E-state index >= 15 is 0 Å². The number of piperazine rings is 1. The Bertz CT molecular complexity index is 902. The van der Waals surface area contributed by atoms with Crippen molar-refractivity contribution in [3.8, 4) is 0 Å². The van der Waals surface area contributed by atoms with Gasteiger partial charge in [0.1, 0.15) is 11.9 Å². The van der Waals surface area contributed by atoms with Gasteiger partial charge in [-0.1, -0.05) is 18.2 Å². The number of carbonyl (C=O) groups is 2. The van der Waals surface area contributed by atoms with E-state index in [2.05, 4.69) is 10.3 Å². The van der Waals surface area contributed by atoms with Crippen molar-refractivity contribution < 1.29 is 22.8 Å². The summed E-state index contributed by atoms with van der Waals surface area (Å²) in [6.07, 6.45) is -1.15. The maximum Gasteiger partial charge on any atom is 0.417 e. The number of anilines is 1. The Morgan fingerprint density at radius 1 is 1.09 bits per heavy atom. The molecule has 1 aromatic carbocycles. The summed E-state index contributed by atoms with van der Waals surface area (Å²) in [6, 6.07) is 10.5. The topological polar surface area (TPSA) is 65.5 Å². The molecule has 0 aliphatic carbocycles. The van der Waals surface area contributed by atoms with Crippen LogP contribution in [0.3, 0.4) is 0 Å². The van der Waals surface area contributed by atoms with Crippen LogP contribution in [0.1, 0.15) is 22.3 Å². The Hall–Kier alpha value is -2.75. The first kappa shape index (κ1) is 23.9. The number of alkyl halides is 3. The average molecular weight is 467 g/mol. The monoisotopic (exact) mass is 466 g/mol. The number of rotatable bonds is 7. The van der Waals surface area contributed by atoms with Crippen LogP contribution in [-0.2, 0) is 11.0 Å². The third-order valence-corrected chi connectivity index (χ3v) is 5.88. The van der Waals surface area contributed by atoms with Gasteiger partial charge >= 0.3 is 6.18 Å². The summed E-state index contributed by atoms with van der Waals surface area (Å²) in [5, 5.41) is 2.85. The number of hydrogen-bond acceptors (Lipinski definition) is 5. The minimum atomic E-state index is -4.42. The Kier molecular flexibility index (Phi) is 8.00. The summed E-state index contributed by atoms with van der Waals surface area (Å²) < 4.78 is 38.2. The highest BCUT2D eigenvalue weighted by Gasteiger charge is 2.32. The van der Waals surface area contributed by atoms with Crippen LogP contribution in [0.2, 0.25) is 0 Å². The van der Waals surface area contributed by atoms with Gasteiger partial charge in [0, 0.05) is 37.9 Å². The fourth-order valence-corrected chi connectivity index (χ4v) is 3.91. The standard InChI is InChI=1S/C22H25F3N4O2S/c1-32-14-9-18(27-20(30)16-5-3-2-4-6-16)21(31)29-12-10-28(11-13-29)19-8-7-17(15-26-19)22(23,24)25/h2-8,15,18H,9-14H2,1H3,(H,27,30). The molecule has 1 aliphatic rings. The van der Waals surface area contributed by atoms with Crippen molar-refractivity contribution in [3.05, 3.63) is 59.8 Å². The molecule has 6 nitrogen and oxygen atoms in total. The lowest BCUT2D eigenvalue weighted by atomic mass is 10.1. The van der Waals surface area contributed by atoms with Crippen LogP contribution in [0.25, 0.3) is 0 Å². The Balaban J connectivity index is 1.60. The predicted molar refractivity (Wildman–Crippen MR) is 119 cm³/mol. The van der Waals surface area contributed by atoms with Crippen LogP contribution in [0.4, 0.5) is 19.0 Å². The SMILES string of the molecule is CSCCC(NC(=O)c1ccccc1)C(=O)N1CCN(c2ccc(C(F)(F)F)cn2)CC1. The largest absolute Gasteiger partial charge is 0.417 e. The summed E-state index contributed by atoms with van der Waals surface area (Å²) in [7, 11) is 0. The third-order valence-electron chi connectivity index (χ3n) is 5.24. The second-order valence-electron chi connectivity index (χ2n) is 7.39. The second kappa shape index (κ2) is 10.7. The van der Waals surface area contributed by atoms with Crippen LogP contribution in [-0.4, -0.2) is 65.9 Å².